The Bertz CT molecular complexity index is 4620. The molecule has 0 saturated heterocycles. The molecule has 0 atom stereocenters. The van der Waals surface area contributed by atoms with Gasteiger partial charge in [-0.1, -0.05) is 97.8 Å². The molecule has 0 aromatic heterocycles. The van der Waals surface area contributed by atoms with Gasteiger partial charge < -0.3 is 27.7 Å². The van der Waals surface area contributed by atoms with E-state index in [1.807, 2.05) is 0 Å². The van der Waals surface area contributed by atoms with Crippen molar-refractivity contribution in [2.45, 2.75) is 46.9 Å². The van der Waals surface area contributed by atoms with E-state index in [1.165, 1.54) is 78.9 Å². The summed E-state index contributed by atoms with van der Waals surface area (Å²) in [5.74, 6) is -2.87. The van der Waals surface area contributed by atoms with Crippen molar-refractivity contribution in [3.8, 4) is 0 Å². The molecule has 5 aliphatic carbocycles. The average molecular weight is 1370 g/mol. The summed E-state index contributed by atoms with van der Waals surface area (Å²) in [6, 6.07) is 20.6. The van der Waals surface area contributed by atoms with Crippen LogP contribution in [0, 0.1) is 0 Å². The number of allylic oxidation sites excluding steroid dienone is 7. The quantitative estimate of drug-likeness (QED) is 0.0779. The van der Waals surface area contributed by atoms with Gasteiger partial charge in [-0.15, -0.1) is 0 Å². The topological polar surface area (TPSA) is 438 Å². The van der Waals surface area contributed by atoms with Crippen LogP contribution >= 0.6 is 53.4 Å². The van der Waals surface area contributed by atoms with E-state index in [0.29, 0.717) is 0 Å². The van der Waals surface area contributed by atoms with Crippen LogP contribution in [0.25, 0.3) is 49.6 Å². The van der Waals surface area contributed by atoms with E-state index in [-0.39, 0.29) is 135 Å². The Morgan fingerprint density at radius 3 is 1.15 bits per heavy atom. The molecule has 0 bridgehead atoms. The molecule has 0 fully saturated rings. The standard InChI is InChI=1S/4C10H5ClN2O3S.C6H3ClN2O3S.5CH4/c11-17(15,16)9-3-1-2-7-6(9)4-5-8(14)10(7)13-12;11-17(15,16)9-3-1-2-7-6(9)4-5-8(13-12)10(7)14;11-17(15,16)9-5-8(14)10(13-12)7-4-2-1-3-6(7)9;11-17(15,16)9-5-8(13-12)10(14)7-4-2-1-3-6(7)9;7-13(11,12)4-1-2-6(10)5(3-4)9-8;;;;;/h4*1-5H;1-3H;5*1H4. The number of benzene rings is 4. The summed E-state index contributed by atoms with van der Waals surface area (Å²) in [6.07, 6.45) is 9.77. The van der Waals surface area contributed by atoms with Gasteiger partial charge in [0.05, 0.1) is 47.8 Å². The van der Waals surface area contributed by atoms with Gasteiger partial charge in [0.25, 0.3) is 74.2 Å². The molecular formula is C51H43Cl5N10O15S5. The number of rotatable bonds is 5. The number of halogens is 5. The van der Waals surface area contributed by atoms with E-state index in [9.17, 15) is 66.1 Å². The summed E-state index contributed by atoms with van der Waals surface area (Å²) < 4.78 is 112. The highest BCUT2D eigenvalue weighted by atomic mass is 35.7. The van der Waals surface area contributed by atoms with Gasteiger partial charge in [-0.05, 0) is 54.6 Å². The van der Waals surface area contributed by atoms with E-state index < -0.39 is 74.2 Å². The lowest BCUT2D eigenvalue weighted by molar-refractivity contribution is -0.113. The summed E-state index contributed by atoms with van der Waals surface area (Å²) in [5, 5.41) is 0. The number of ketones is 5. The van der Waals surface area contributed by atoms with Crippen molar-refractivity contribution in [3.63, 3.8) is 0 Å². The molecule has 35 heteroatoms. The maximum atomic E-state index is 11.7. The molecule has 0 unspecified atom stereocenters. The Labute approximate surface area is 515 Å². The first-order valence-corrected chi connectivity index (χ1v) is 32.5. The summed E-state index contributed by atoms with van der Waals surface area (Å²) >= 11 is 0. The normalized spacial score (nSPS) is 14.2. The fourth-order valence-electron chi connectivity index (χ4n) is 7.10. The minimum absolute atomic E-state index is 0. The van der Waals surface area contributed by atoms with Gasteiger partial charge in [-0.25, -0.2) is 42.1 Å². The monoisotopic (exact) mass is 1370 g/mol. The van der Waals surface area contributed by atoms with E-state index in [2.05, 4.69) is 23.9 Å². The van der Waals surface area contributed by atoms with Gasteiger partial charge in [0.15, 0.2) is 0 Å². The molecule has 0 amide bonds. The lowest BCUT2D eigenvalue weighted by Crippen LogP contribution is -2.22. The molecule has 0 spiro atoms. The van der Waals surface area contributed by atoms with E-state index in [0.717, 1.165) is 36.5 Å². The van der Waals surface area contributed by atoms with Crippen LogP contribution in [-0.4, -0.2) is 124 Å². The molecule has 9 rings (SSSR count). The number of fused-ring (bicyclic) bond motifs is 4. The zero-order valence-corrected chi connectivity index (χ0v) is 47.2. The predicted octanol–water partition coefficient (Wildman–Crippen LogP) is 8.81. The lowest BCUT2D eigenvalue weighted by Gasteiger charge is -2.11. The second-order valence-electron chi connectivity index (χ2n) is 15.4. The number of carbonyl (C=O) groups is 5. The van der Waals surface area contributed by atoms with Crippen LogP contribution in [0.3, 0.4) is 0 Å². The second-order valence-corrected chi connectivity index (χ2v) is 28.1. The van der Waals surface area contributed by atoms with Crippen LogP contribution in [0.5, 0.6) is 0 Å². The number of Topliss-reactive ketones (excluding diaryl/α,β-unsaturated/α-hetero) is 2. The number of hydrogen-bond donors (Lipinski definition) is 0. The van der Waals surface area contributed by atoms with Crippen molar-refractivity contribution < 1.29 is 90.0 Å². The second kappa shape index (κ2) is 31.2. The van der Waals surface area contributed by atoms with Crippen molar-refractivity contribution in [2.24, 2.45) is 0 Å². The summed E-state index contributed by atoms with van der Waals surface area (Å²) in [5.41, 5.74) is 43.4. The summed E-state index contributed by atoms with van der Waals surface area (Å²) in [4.78, 5) is 70.1. The predicted molar refractivity (Wildman–Crippen MR) is 326 cm³/mol. The molecule has 0 heterocycles. The highest BCUT2D eigenvalue weighted by molar-refractivity contribution is 8.21. The maximum Gasteiger partial charge on any atom is 0.369 e. The van der Waals surface area contributed by atoms with Crippen LogP contribution in [0.1, 0.15) is 91.2 Å². The van der Waals surface area contributed by atoms with E-state index >= 15 is 0 Å². The highest BCUT2D eigenvalue weighted by Gasteiger charge is 2.37. The average Bonchev–Trinajstić information content (AvgIpc) is 3.62. The van der Waals surface area contributed by atoms with Crippen LogP contribution in [0.2, 0.25) is 0 Å². The Morgan fingerprint density at radius 2 is 0.698 bits per heavy atom. The molecule has 25 nitrogen and oxygen atoms in total. The fourth-order valence-corrected chi connectivity index (χ4v) is 12.2. The molecule has 86 heavy (non-hydrogen) atoms. The largest absolute Gasteiger partial charge is 0.369 e. The molecule has 4 aromatic rings. The van der Waals surface area contributed by atoms with E-state index in [1.54, 1.807) is 24.3 Å². The third-order valence-corrected chi connectivity index (χ3v) is 17.4. The first-order valence-electron chi connectivity index (χ1n) is 21.0. The zero-order chi connectivity index (χ0) is 60.6. The Kier molecular flexibility index (Phi) is 28.3. The first-order chi connectivity index (χ1) is 37.7. The molecule has 0 saturated carbocycles. The van der Waals surface area contributed by atoms with Crippen LogP contribution in [0.4, 0.5) is 0 Å². The van der Waals surface area contributed by atoms with Crippen molar-refractivity contribution in [2.75, 3.05) is 0 Å². The molecule has 0 aliphatic heterocycles. The molecular weight excluding hydrogens is 1330 g/mol. The Morgan fingerprint density at radius 1 is 0.314 bits per heavy atom. The number of carbonyl (C=O) groups excluding carboxylic acids is 5. The van der Waals surface area contributed by atoms with Crippen LogP contribution < -0.4 is 0 Å². The summed E-state index contributed by atoms with van der Waals surface area (Å²) in [6.45, 7) is 0. The van der Waals surface area contributed by atoms with Gasteiger partial charge >= 0.3 is 28.6 Å². The van der Waals surface area contributed by atoms with Crippen LogP contribution in [-0.2, 0) is 59.6 Å². The molecule has 0 radical (unpaired) electrons. The first kappa shape index (κ1) is 77.8. The zero-order valence-electron chi connectivity index (χ0n) is 39.3. The third kappa shape index (κ3) is 18.1. The summed E-state index contributed by atoms with van der Waals surface area (Å²) in [7, 11) is 6.25. The Hall–Kier alpha value is -8.23. The van der Waals surface area contributed by atoms with Gasteiger partial charge in [0.2, 0.25) is 0 Å². The van der Waals surface area contributed by atoms with Crippen molar-refractivity contribution >= 4 is 178 Å². The minimum Gasteiger partial charge on any atom is -0.361 e. The lowest BCUT2D eigenvalue weighted by atomic mass is 9.95. The van der Waals surface area contributed by atoms with Gasteiger partial charge in [0.1, 0.15) is 0 Å². The van der Waals surface area contributed by atoms with Crippen molar-refractivity contribution in [1.29, 1.82) is 0 Å². The van der Waals surface area contributed by atoms with Crippen molar-refractivity contribution in [1.82, 2.24) is 0 Å². The van der Waals surface area contributed by atoms with E-state index in [4.69, 9.17) is 81.1 Å². The number of nitrogens with zero attached hydrogens (tertiary/aromatic N) is 10. The Balaban J connectivity index is 0.00000104. The van der Waals surface area contributed by atoms with Gasteiger partial charge in [0, 0.05) is 98.9 Å². The SMILES string of the molecule is C.C.C.C.C.[N-]=[N+]=C1C(=O)C=C(S(=O)(=O)Cl)c2ccccc21.[N-]=[N+]=C1C(=O)C=Cc2c1cccc2S(=O)(=O)Cl.[N-]=[N+]=C1C=C(S(=O)(=O)Cl)C=CC1=O.[N-]=[N+]=C1C=C(S(=O)(=O)Cl)c2ccccc2C1=O.[N-]=[N+]=C1C=Cc2c(cccc2S(=O)(=O)Cl)C1=O. The smallest absolute Gasteiger partial charge is 0.361 e. The van der Waals surface area contributed by atoms with Crippen molar-refractivity contribution in [3.05, 3.63) is 205 Å². The van der Waals surface area contributed by atoms with Gasteiger partial charge in [-0.2, -0.15) is 23.9 Å². The maximum absolute atomic E-state index is 11.7. The number of hydrogen-bond acceptors (Lipinski definition) is 15. The third-order valence-electron chi connectivity index (χ3n) is 10.6. The fraction of sp³-hybridized carbons (Fsp3) is 0.0980. The highest BCUT2D eigenvalue weighted by Crippen LogP contribution is 2.33. The minimum atomic E-state index is -4.03. The molecule has 4 aromatic carbocycles. The van der Waals surface area contributed by atoms with Gasteiger partial charge in [-0.3, -0.25) is 24.0 Å². The van der Waals surface area contributed by atoms with Crippen LogP contribution in [0.15, 0.2) is 142 Å². The molecule has 5 aliphatic rings. The molecule has 452 valence electrons. The molecule has 0 N–H and O–H groups in total.